The number of nitro benzene ring substituents is 1. The lowest BCUT2D eigenvalue weighted by atomic mass is 10.1. The molecule has 7 heteroatoms. The van der Waals surface area contributed by atoms with Gasteiger partial charge < -0.3 is 14.7 Å². The molecule has 1 N–H and O–H groups in total. The summed E-state index contributed by atoms with van der Waals surface area (Å²) >= 11 is 0. The van der Waals surface area contributed by atoms with Crippen LogP contribution in [0.3, 0.4) is 0 Å². The van der Waals surface area contributed by atoms with Crippen LogP contribution in [-0.2, 0) is 6.54 Å². The van der Waals surface area contributed by atoms with Crippen molar-refractivity contribution in [2.45, 2.75) is 6.54 Å². The van der Waals surface area contributed by atoms with Crippen molar-refractivity contribution < 1.29 is 19.2 Å². The molecule has 2 aromatic rings. The Balaban J connectivity index is 0.000000924. The summed E-state index contributed by atoms with van der Waals surface area (Å²) in [6.45, 7) is 1.47. The number of benzene rings is 2. The lowest BCUT2D eigenvalue weighted by molar-refractivity contribution is -0.385. The fourth-order valence-electron chi connectivity index (χ4n) is 2.39. The average molecular weight is 320 g/mol. The number of nitrogens with zero attached hydrogens (tertiary/aromatic N) is 2. The van der Waals surface area contributed by atoms with Gasteiger partial charge in [-0.3, -0.25) is 10.1 Å². The molecule has 3 rings (SSSR count). The number of aliphatic hydroxyl groups is 1. The number of anilines is 1. The fraction of sp³-hybridized carbons (Fsp3) is 0.250. The molecule has 1 heterocycles. The molecule has 0 aliphatic carbocycles. The minimum Gasteiger partial charge on any atom is -0.486 e. The third-order valence-electron chi connectivity index (χ3n) is 3.38. The maximum atomic E-state index is 13.9. The van der Waals surface area contributed by atoms with Crippen LogP contribution in [0, 0.1) is 15.9 Å². The molecule has 1 aliphatic rings. The summed E-state index contributed by atoms with van der Waals surface area (Å²) in [4.78, 5) is 12.2. The number of aliphatic hydroxyl groups excluding tert-OH is 1. The highest BCUT2D eigenvalue weighted by Crippen LogP contribution is 2.38. The lowest BCUT2D eigenvalue weighted by Gasteiger charge is -2.31. The summed E-state index contributed by atoms with van der Waals surface area (Å²) < 4.78 is 19.3. The van der Waals surface area contributed by atoms with Gasteiger partial charge in [0.25, 0.3) is 5.69 Å². The van der Waals surface area contributed by atoms with Crippen molar-refractivity contribution in [3.8, 4) is 5.75 Å². The van der Waals surface area contributed by atoms with Crippen molar-refractivity contribution in [1.29, 1.82) is 0 Å². The van der Waals surface area contributed by atoms with Crippen LogP contribution >= 0.6 is 0 Å². The summed E-state index contributed by atoms with van der Waals surface area (Å²) in [6, 6.07) is 11.9. The number of fused-ring (bicyclic) bond motifs is 1. The van der Waals surface area contributed by atoms with E-state index >= 15 is 0 Å². The van der Waals surface area contributed by atoms with E-state index in [-0.39, 0.29) is 11.4 Å². The maximum absolute atomic E-state index is 13.9. The Morgan fingerprint density at radius 1 is 1.30 bits per heavy atom. The van der Waals surface area contributed by atoms with Gasteiger partial charge in [0.15, 0.2) is 11.6 Å². The molecule has 0 unspecified atom stereocenters. The second kappa shape index (κ2) is 7.55. The largest absolute Gasteiger partial charge is 0.486 e. The van der Waals surface area contributed by atoms with E-state index in [2.05, 4.69) is 0 Å². The molecule has 0 fully saturated rings. The first-order valence-corrected chi connectivity index (χ1v) is 6.99. The highest BCUT2D eigenvalue weighted by atomic mass is 19.1. The molecule has 0 bridgehead atoms. The van der Waals surface area contributed by atoms with E-state index in [9.17, 15) is 14.5 Å². The van der Waals surface area contributed by atoms with Crippen molar-refractivity contribution in [3.05, 3.63) is 64.0 Å². The SMILES string of the molecule is CO.O=[N+]([O-])c1cc(F)c2c(c1)N(Cc1ccccc1)CCO2. The van der Waals surface area contributed by atoms with E-state index in [4.69, 9.17) is 9.84 Å². The summed E-state index contributed by atoms with van der Waals surface area (Å²) in [5.41, 5.74) is 1.21. The van der Waals surface area contributed by atoms with Crippen molar-refractivity contribution in [2.75, 3.05) is 25.2 Å². The molecular weight excluding hydrogens is 303 g/mol. The zero-order valence-corrected chi connectivity index (χ0v) is 12.6. The Labute approximate surface area is 132 Å². The van der Waals surface area contributed by atoms with Crippen molar-refractivity contribution in [3.63, 3.8) is 0 Å². The third-order valence-corrected chi connectivity index (χ3v) is 3.38. The average Bonchev–Trinajstić information content (AvgIpc) is 2.58. The summed E-state index contributed by atoms with van der Waals surface area (Å²) in [5.74, 6) is -0.611. The number of ether oxygens (including phenoxy) is 1. The molecule has 0 atom stereocenters. The predicted octanol–water partition coefficient (Wildman–Crippen LogP) is 2.74. The summed E-state index contributed by atoms with van der Waals surface area (Å²) in [6.07, 6.45) is 0. The van der Waals surface area contributed by atoms with E-state index in [1.54, 1.807) is 0 Å². The van der Waals surface area contributed by atoms with E-state index in [1.165, 1.54) is 6.07 Å². The second-order valence-electron chi connectivity index (χ2n) is 4.79. The van der Waals surface area contributed by atoms with Gasteiger partial charge in [-0.05, 0) is 5.56 Å². The standard InChI is InChI=1S/C15H13FN2O3.CH4O/c16-13-8-12(18(19)20)9-14-15(13)21-7-6-17(14)10-11-4-2-1-3-5-11;1-2/h1-5,8-9H,6-7,10H2;2H,1H3. The summed E-state index contributed by atoms with van der Waals surface area (Å²) in [5, 5.41) is 17.9. The minimum atomic E-state index is -0.697. The molecule has 0 saturated carbocycles. The molecule has 23 heavy (non-hydrogen) atoms. The van der Waals surface area contributed by atoms with Crippen molar-refractivity contribution in [2.24, 2.45) is 0 Å². The molecule has 0 spiro atoms. The third kappa shape index (κ3) is 3.75. The van der Waals surface area contributed by atoms with Gasteiger partial charge in [0.05, 0.1) is 23.2 Å². The normalized spacial score (nSPS) is 12.6. The van der Waals surface area contributed by atoms with Crippen molar-refractivity contribution in [1.82, 2.24) is 0 Å². The van der Waals surface area contributed by atoms with Gasteiger partial charge in [0.2, 0.25) is 0 Å². The second-order valence-corrected chi connectivity index (χ2v) is 4.79. The van der Waals surface area contributed by atoms with E-state index in [1.807, 2.05) is 35.2 Å². The molecule has 0 saturated heterocycles. The van der Waals surface area contributed by atoms with Gasteiger partial charge in [0.1, 0.15) is 6.61 Å². The number of halogens is 1. The molecule has 122 valence electrons. The number of hydrogen-bond acceptors (Lipinski definition) is 5. The van der Waals surface area contributed by atoms with E-state index < -0.39 is 10.7 Å². The van der Waals surface area contributed by atoms with Crippen molar-refractivity contribution >= 4 is 11.4 Å². The van der Waals surface area contributed by atoms with Crippen LogP contribution in [0.4, 0.5) is 15.8 Å². The highest BCUT2D eigenvalue weighted by Gasteiger charge is 2.25. The molecule has 0 aromatic heterocycles. The van der Waals surface area contributed by atoms with E-state index in [0.29, 0.717) is 25.4 Å². The molecular formula is C16H17FN2O4. The Morgan fingerprint density at radius 3 is 2.65 bits per heavy atom. The fourth-order valence-corrected chi connectivity index (χ4v) is 2.39. The molecule has 1 aliphatic heterocycles. The van der Waals surface area contributed by atoms with Crippen LogP contribution in [0.15, 0.2) is 42.5 Å². The van der Waals surface area contributed by atoms with Crippen LogP contribution in [0.5, 0.6) is 5.75 Å². The Kier molecular flexibility index (Phi) is 5.48. The Morgan fingerprint density at radius 2 is 2.00 bits per heavy atom. The molecule has 0 radical (unpaired) electrons. The molecule has 6 nitrogen and oxygen atoms in total. The number of hydrogen-bond donors (Lipinski definition) is 1. The minimum absolute atomic E-state index is 0.0859. The van der Waals surface area contributed by atoms with Crippen LogP contribution in [-0.4, -0.2) is 30.3 Å². The molecule has 2 aromatic carbocycles. The molecule has 0 amide bonds. The maximum Gasteiger partial charge on any atom is 0.274 e. The van der Waals surface area contributed by atoms with Crippen LogP contribution in [0.1, 0.15) is 5.56 Å². The van der Waals surface area contributed by atoms with Gasteiger partial charge in [-0.1, -0.05) is 30.3 Å². The zero-order valence-electron chi connectivity index (χ0n) is 12.6. The van der Waals surface area contributed by atoms with Crippen LogP contribution in [0.2, 0.25) is 0 Å². The van der Waals surface area contributed by atoms with Gasteiger partial charge >= 0.3 is 0 Å². The first-order chi connectivity index (χ1) is 11.1. The quantitative estimate of drug-likeness (QED) is 0.695. The predicted molar refractivity (Wildman–Crippen MR) is 84.2 cm³/mol. The number of nitro groups is 1. The van der Waals surface area contributed by atoms with Crippen LogP contribution in [0.25, 0.3) is 0 Å². The first-order valence-electron chi connectivity index (χ1n) is 6.99. The van der Waals surface area contributed by atoms with Crippen LogP contribution < -0.4 is 9.64 Å². The Hall–Kier alpha value is -2.67. The first kappa shape index (κ1) is 16.7. The summed E-state index contributed by atoms with van der Waals surface area (Å²) in [7, 11) is 1.00. The van der Waals surface area contributed by atoms with Gasteiger partial charge in [-0.2, -0.15) is 0 Å². The number of rotatable bonds is 3. The van der Waals surface area contributed by atoms with E-state index in [0.717, 1.165) is 18.7 Å². The topological polar surface area (TPSA) is 75.8 Å². The van der Waals surface area contributed by atoms with Gasteiger partial charge in [0, 0.05) is 19.7 Å². The lowest BCUT2D eigenvalue weighted by Crippen LogP contribution is -2.32. The highest BCUT2D eigenvalue weighted by molar-refractivity contribution is 5.65. The van der Waals surface area contributed by atoms with Gasteiger partial charge in [-0.25, -0.2) is 4.39 Å². The smallest absolute Gasteiger partial charge is 0.274 e. The monoisotopic (exact) mass is 320 g/mol. The Bertz CT molecular complexity index is 679. The number of non-ortho nitro benzene ring substituents is 1. The van der Waals surface area contributed by atoms with Gasteiger partial charge in [-0.15, -0.1) is 0 Å². The zero-order chi connectivity index (χ0) is 16.8.